The molecule has 5 heteroatoms. The predicted octanol–water partition coefficient (Wildman–Crippen LogP) is 4.45. The van der Waals surface area contributed by atoms with E-state index in [4.69, 9.17) is 32.2 Å². The summed E-state index contributed by atoms with van der Waals surface area (Å²) in [6.07, 6.45) is 0. The van der Waals surface area contributed by atoms with Gasteiger partial charge in [0, 0.05) is 11.6 Å². The maximum Gasteiger partial charge on any atom is 0.133 e. The average molecular weight is 379 g/mol. The van der Waals surface area contributed by atoms with Crippen LogP contribution in [0.1, 0.15) is 5.56 Å². The van der Waals surface area contributed by atoms with Crippen molar-refractivity contribution in [1.82, 2.24) is 0 Å². The van der Waals surface area contributed by atoms with E-state index in [0.29, 0.717) is 30.3 Å². The lowest BCUT2D eigenvalue weighted by Crippen LogP contribution is -2.15. The molecule has 0 fully saturated rings. The second-order valence-corrected chi connectivity index (χ2v) is 6.23. The standard InChI is InChI=1S/C22H21NO3S/c1-24-17-11-12-19(22(23)27)21(15-17)26-14-13-25-20-10-6-5-9-18(20)16-7-3-2-4-8-16/h2-12,15H,13-14H2,1H3,(H2,23,27). The normalized spacial score (nSPS) is 10.3. The maximum atomic E-state index is 5.95. The number of thiocarbonyl (C=S) groups is 1. The van der Waals surface area contributed by atoms with E-state index in [2.05, 4.69) is 12.1 Å². The molecule has 0 radical (unpaired) electrons. The van der Waals surface area contributed by atoms with E-state index < -0.39 is 0 Å². The molecule has 0 bridgehead atoms. The van der Waals surface area contributed by atoms with Crippen LogP contribution >= 0.6 is 12.2 Å². The average Bonchev–Trinajstić information content (AvgIpc) is 2.72. The Morgan fingerprint density at radius 3 is 2.22 bits per heavy atom. The zero-order valence-corrected chi connectivity index (χ0v) is 15.9. The van der Waals surface area contributed by atoms with Crippen LogP contribution in [-0.2, 0) is 0 Å². The van der Waals surface area contributed by atoms with Gasteiger partial charge in [-0.2, -0.15) is 0 Å². The van der Waals surface area contributed by atoms with Crippen LogP contribution < -0.4 is 19.9 Å². The lowest BCUT2D eigenvalue weighted by molar-refractivity contribution is 0.217. The highest BCUT2D eigenvalue weighted by molar-refractivity contribution is 7.80. The lowest BCUT2D eigenvalue weighted by Gasteiger charge is -2.14. The first-order chi connectivity index (χ1) is 13.2. The lowest BCUT2D eigenvalue weighted by atomic mass is 10.1. The summed E-state index contributed by atoms with van der Waals surface area (Å²) in [5.74, 6) is 2.08. The topological polar surface area (TPSA) is 53.7 Å². The van der Waals surface area contributed by atoms with Crippen molar-refractivity contribution in [1.29, 1.82) is 0 Å². The molecular weight excluding hydrogens is 358 g/mol. The Bertz CT molecular complexity index is 912. The van der Waals surface area contributed by atoms with Gasteiger partial charge in [0.05, 0.1) is 12.7 Å². The van der Waals surface area contributed by atoms with Crippen molar-refractivity contribution in [3.63, 3.8) is 0 Å². The van der Waals surface area contributed by atoms with Crippen molar-refractivity contribution >= 4 is 17.2 Å². The molecule has 0 saturated heterocycles. The van der Waals surface area contributed by atoms with Crippen molar-refractivity contribution in [2.45, 2.75) is 0 Å². The number of nitrogens with two attached hydrogens (primary N) is 1. The zero-order chi connectivity index (χ0) is 19.1. The van der Waals surface area contributed by atoms with Gasteiger partial charge < -0.3 is 19.9 Å². The minimum absolute atomic E-state index is 0.281. The molecule has 3 rings (SSSR count). The summed E-state index contributed by atoms with van der Waals surface area (Å²) in [7, 11) is 1.60. The molecule has 2 N–H and O–H groups in total. The first-order valence-electron chi connectivity index (χ1n) is 8.57. The van der Waals surface area contributed by atoms with Crippen LogP contribution in [0.3, 0.4) is 0 Å². The molecule has 0 unspecified atom stereocenters. The van der Waals surface area contributed by atoms with Crippen LogP contribution in [0, 0.1) is 0 Å². The minimum atomic E-state index is 0.281. The molecule has 3 aromatic carbocycles. The Hall–Kier alpha value is -3.05. The Morgan fingerprint density at radius 2 is 1.52 bits per heavy atom. The number of hydrogen-bond acceptors (Lipinski definition) is 4. The Kier molecular flexibility index (Phi) is 6.28. The van der Waals surface area contributed by atoms with Crippen LogP contribution in [0.15, 0.2) is 72.8 Å². The third kappa shape index (κ3) is 4.77. The third-order valence-corrected chi connectivity index (χ3v) is 4.24. The van der Waals surface area contributed by atoms with Crippen LogP contribution in [0.25, 0.3) is 11.1 Å². The summed E-state index contributed by atoms with van der Waals surface area (Å²) in [5, 5.41) is 0. The molecule has 0 saturated carbocycles. The summed E-state index contributed by atoms with van der Waals surface area (Å²) in [6, 6.07) is 23.4. The summed E-state index contributed by atoms with van der Waals surface area (Å²) >= 11 is 5.08. The number of hydrogen-bond donors (Lipinski definition) is 1. The Labute approximate surface area is 164 Å². The van der Waals surface area contributed by atoms with Crippen LogP contribution in [0.5, 0.6) is 17.2 Å². The van der Waals surface area contributed by atoms with Gasteiger partial charge in [0.25, 0.3) is 0 Å². The SMILES string of the molecule is COc1ccc(C(N)=S)c(OCCOc2ccccc2-c2ccccc2)c1. The largest absolute Gasteiger partial charge is 0.497 e. The molecule has 138 valence electrons. The first kappa shape index (κ1) is 18.7. The quantitative estimate of drug-likeness (QED) is 0.463. The summed E-state index contributed by atoms with van der Waals surface area (Å²) in [5.41, 5.74) is 8.60. The fourth-order valence-corrected chi connectivity index (χ4v) is 2.87. The van der Waals surface area contributed by atoms with Gasteiger partial charge in [0.1, 0.15) is 35.5 Å². The van der Waals surface area contributed by atoms with Crippen LogP contribution in [0.2, 0.25) is 0 Å². The second-order valence-electron chi connectivity index (χ2n) is 5.79. The molecular formula is C22H21NO3S. The van der Waals surface area contributed by atoms with Crippen molar-refractivity contribution in [3.8, 4) is 28.4 Å². The number of para-hydroxylation sites is 1. The zero-order valence-electron chi connectivity index (χ0n) is 15.1. The Morgan fingerprint density at radius 1 is 0.852 bits per heavy atom. The van der Waals surface area contributed by atoms with Gasteiger partial charge in [0.15, 0.2) is 0 Å². The smallest absolute Gasteiger partial charge is 0.133 e. The van der Waals surface area contributed by atoms with Gasteiger partial charge >= 0.3 is 0 Å². The highest BCUT2D eigenvalue weighted by atomic mass is 32.1. The van der Waals surface area contributed by atoms with E-state index in [1.165, 1.54) is 0 Å². The Balaban J connectivity index is 1.66. The van der Waals surface area contributed by atoms with E-state index >= 15 is 0 Å². The number of methoxy groups -OCH3 is 1. The van der Waals surface area contributed by atoms with E-state index in [1.807, 2.05) is 42.5 Å². The molecule has 0 heterocycles. The van der Waals surface area contributed by atoms with Crippen molar-refractivity contribution in [3.05, 3.63) is 78.4 Å². The third-order valence-electron chi connectivity index (χ3n) is 4.02. The summed E-state index contributed by atoms with van der Waals surface area (Å²) in [4.78, 5) is 0.281. The van der Waals surface area contributed by atoms with Crippen molar-refractivity contribution in [2.75, 3.05) is 20.3 Å². The first-order valence-corrected chi connectivity index (χ1v) is 8.98. The summed E-state index contributed by atoms with van der Waals surface area (Å²) < 4.78 is 17.0. The molecule has 0 aliphatic carbocycles. The fourth-order valence-electron chi connectivity index (χ4n) is 2.70. The summed E-state index contributed by atoms with van der Waals surface area (Å²) in [6.45, 7) is 0.740. The van der Waals surface area contributed by atoms with Crippen LogP contribution in [-0.4, -0.2) is 25.3 Å². The maximum absolute atomic E-state index is 5.95. The van der Waals surface area contributed by atoms with Gasteiger partial charge in [-0.05, 0) is 23.8 Å². The number of ether oxygens (including phenoxy) is 3. The van der Waals surface area contributed by atoms with E-state index in [1.54, 1.807) is 25.3 Å². The monoisotopic (exact) mass is 379 g/mol. The van der Waals surface area contributed by atoms with Gasteiger partial charge in [-0.3, -0.25) is 0 Å². The van der Waals surface area contributed by atoms with Gasteiger partial charge in [-0.1, -0.05) is 60.7 Å². The number of rotatable bonds is 8. The van der Waals surface area contributed by atoms with Gasteiger partial charge in [0.2, 0.25) is 0 Å². The van der Waals surface area contributed by atoms with Gasteiger partial charge in [-0.25, -0.2) is 0 Å². The fraction of sp³-hybridized carbons (Fsp3) is 0.136. The molecule has 0 aliphatic heterocycles. The molecule has 0 atom stereocenters. The van der Waals surface area contributed by atoms with E-state index in [0.717, 1.165) is 16.9 Å². The molecule has 27 heavy (non-hydrogen) atoms. The van der Waals surface area contributed by atoms with E-state index in [-0.39, 0.29) is 4.99 Å². The molecule has 3 aromatic rings. The highest BCUT2D eigenvalue weighted by Crippen LogP contribution is 2.29. The van der Waals surface area contributed by atoms with Gasteiger partial charge in [-0.15, -0.1) is 0 Å². The predicted molar refractivity (Wildman–Crippen MR) is 112 cm³/mol. The second kappa shape index (κ2) is 9.05. The molecule has 0 aromatic heterocycles. The highest BCUT2D eigenvalue weighted by Gasteiger charge is 2.09. The number of benzene rings is 3. The van der Waals surface area contributed by atoms with Crippen molar-refractivity contribution < 1.29 is 14.2 Å². The molecule has 0 amide bonds. The molecule has 0 spiro atoms. The minimum Gasteiger partial charge on any atom is -0.497 e. The van der Waals surface area contributed by atoms with Crippen LogP contribution in [0.4, 0.5) is 0 Å². The van der Waals surface area contributed by atoms with E-state index in [9.17, 15) is 0 Å². The van der Waals surface area contributed by atoms with Crippen molar-refractivity contribution in [2.24, 2.45) is 5.73 Å². The molecule has 4 nitrogen and oxygen atoms in total. The molecule has 0 aliphatic rings.